The van der Waals surface area contributed by atoms with Gasteiger partial charge in [0.1, 0.15) is 0 Å². The molecule has 18 heavy (non-hydrogen) atoms. The van der Waals surface area contributed by atoms with Gasteiger partial charge in [-0.25, -0.2) is 0 Å². The SMILES string of the molecule is CN1CCC(N2CCCC(CC(=O)O)C2=O)CC1. The molecule has 5 nitrogen and oxygen atoms in total. The molecule has 0 aliphatic carbocycles. The fourth-order valence-electron chi connectivity index (χ4n) is 3.05. The molecule has 0 aromatic rings. The lowest BCUT2D eigenvalue weighted by Crippen LogP contribution is -2.51. The van der Waals surface area contributed by atoms with Crippen LogP contribution in [0.3, 0.4) is 0 Å². The van der Waals surface area contributed by atoms with Crippen LogP contribution < -0.4 is 0 Å². The number of hydrogen-bond donors (Lipinski definition) is 1. The predicted molar refractivity (Wildman–Crippen MR) is 67.2 cm³/mol. The number of carboxylic acid groups (broad SMARTS) is 1. The molecule has 0 saturated carbocycles. The van der Waals surface area contributed by atoms with E-state index >= 15 is 0 Å². The topological polar surface area (TPSA) is 60.9 Å². The van der Waals surface area contributed by atoms with Crippen molar-refractivity contribution in [2.45, 2.75) is 38.1 Å². The number of hydrogen-bond acceptors (Lipinski definition) is 3. The highest BCUT2D eigenvalue weighted by molar-refractivity contribution is 5.84. The van der Waals surface area contributed by atoms with Gasteiger partial charge in [-0.05, 0) is 45.8 Å². The van der Waals surface area contributed by atoms with Crippen LogP contribution in [0, 0.1) is 5.92 Å². The lowest BCUT2D eigenvalue weighted by molar-refractivity contribution is -0.148. The van der Waals surface area contributed by atoms with E-state index in [1.54, 1.807) is 0 Å². The summed E-state index contributed by atoms with van der Waals surface area (Å²) in [5, 5.41) is 8.84. The van der Waals surface area contributed by atoms with Crippen molar-refractivity contribution in [3.63, 3.8) is 0 Å². The number of aliphatic carboxylic acids is 1. The summed E-state index contributed by atoms with van der Waals surface area (Å²) in [6.45, 7) is 2.86. The molecule has 1 unspecified atom stereocenters. The van der Waals surface area contributed by atoms with Gasteiger partial charge in [-0.2, -0.15) is 0 Å². The van der Waals surface area contributed by atoms with E-state index < -0.39 is 5.97 Å². The molecule has 1 amide bonds. The second kappa shape index (κ2) is 5.69. The molecule has 0 spiro atoms. The lowest BCUT2D eigenvalue weighted by atomic mass is 9.91. The van der Waals surface area contributed by atoms with Crippen LogP contribution in [0.1, 0.15) is 32.1 Å². The van der Waals surface area contributed by atoms with Crippen LogP contribution in [0.2, 0.25) is 0 Å². The van der Waals surface area contributed by atoms with Gasteiger partial charge in [0.2, 0.25) is 5.91 Å². The average Bonchev–Trinajstić information content (AvgIpc) is 2.33. The minimum absolute atomic E-state index is 0.0119. The molecule has 2 aliphatic heterocycles. The second-order valence-corrected chi connectivity index (χ2v) is 5.50. The first-order valence-corrected chi connectivity index (χ1v) is 6.78. The van der Waals surface area contributed by atoms with E-state index in [0.29, 0.717) is 6.04 Å². The van der Waals surface area contributed by atoms with Gasteiger partial charge in [0.05, 0.1) is 6.42 Å². The molecular formula is C13H22N2O3. The van der Waals surface area contributed by atoms with Gasteiger partial charge in [0.25, 0.3) is 0 Å². The number of piperidine rings is 2. The van der Waals surface area contributed by atoms with Gasteiger partial charge in [-0.3, -0.25) is 9.59 Å². The van der Waals surface area contributed by atoms with E-state index in [1.165, 1.54) is 0 Å². The number of carboxylic acids is 1. The van der Waals surface area contributed by atoms with Crippen LogP contribution in [-0.4, -0.2) is 59.5 Å². The zero-order valence-corrected chi connectivity index (χ0v) is 11.0. The molecule has 2 saturated heterocycles. The van der Waals surface area contributed by atoms with Crippen LogP contribution >= 0.6 is 0 Å². The number of nitrogens with zero attached hydrogens (tertiary/aromatic N) is 2. The quantitative estimate of drug-likeness (QED) is 0.809. The number of carbonyl (C=O) groups excluding carboxylic acids is 1. The maximum Gasteiger partial charge on any atom is 0.304 e. The fourth-order valence-corrected chi connectivity index (χ4v) is 3.05. The standard InChI is InChI=1S/C13H22N2O3/c1-14-7-4-11(5-8-14)15-6-2-3-10(13(15)18)9-12(16)17/h10-11H,2-9H2,1H3,(H,16,17). The van der Waals surface area contributed by atoms with Crippen LogP contribution in [0.5, 0.6) is 0 Å². The highest BCUT2D eigenvalue weighted by Gasteiger charge is 2.35. The summed E-state index contributed by atoms with van der Waals surface area (Å²) in [7, 11) is 2.10. The van der Waals surface area contributed by atoms with Crippen molar-refractivity contribution in [3.8, 4) is 0 Å². The average molecular weight is 254 g/mol. The summed E-state index contributed by atoms with van der Waals surface area (Å²) in [5.74, 6) is -1.09. The summed E-state index contributed by atoms with van der Waals surface area (Å²) in [6, 6.07) is 0.324. The Morgan fingerprint density at radius 3 is 2.56 bits per heavy atom. The zero-order chi connectivity index (χ0) is 13.1. The van der Waals surface area contributed by atoms with E-state index in [-0.39, 0.29) is 18.2 Å². The van der Waals surface area contributed by atoms with E-state index in [9.17, 15) is 9.59 Å². The van der Waals surface area contributed by atoms with Crippen LogP contribution in [-0.2, 0) is 9.59 Å². The molecule has 2 rings (SSSR count). The van der Waals surface area contributed by atoms with Gasteiger partial charge in [-0.1, -0.05) is 0 Å². The Bertz CT molecular complexity index is 324. The molecule has 1 N–H and O–H groups in total. The van der Waals surface area contributed by atoms with Gasteiger partial charge in [0, 0.05) is 18.5 Å². The molecule has 1 atom stereocenters. The van der Waals surface area contributed by atoms with Crippen LogP contribution in [0.25, 0.3) is 0 Å². The van der Waals surface area contributed by atoms with Crippen LogP contribution in [0.15, 0.2) is 0 Å². The number of carbonyl (C=O) groups is 2. The number of likely N-dealkylation sites (tertiary alicyclic amines) is 2. The summed E-state index contributed by atoms with van der Waals surface area (Å²) >= 11 is 0. The largest absolute Gasteiger partial charge is 0.481 e. The maximum atomic E-state index is 12.3. The Hall–Kier alpha value is -1.10. The van der Waals surface area contributed by atoms with Crippen LogP contribution in [0.4, 0.5) is 0 Å². The molecule has 2 heterocycles. The lowest BCUT2D eigenvalue weighted by Gasteiger charge is -2.41. The van der Waals surface area contributed by atoms with E-state index in [2.05, 4.69) is 11.9 Å². The molecule has 0 aromatic carbocycles. The molecule has 0 bridgehead atoms. The number of amides is 1. The molecule has 5 heteroatoms. The first-order chi connectivity index (χ1) is 8.58. The van der Waals surface area contributed by atoms with Gasteiger partial charge < -0.3 is 14.9 Å². The second-order valence-electron chi connectivity index (χ2n) is 5.50. The van der Waals surface area contributed by atoms with Gasteiger partial charge >= 0.3 is 5.97 Å². The van der Waals surface area contributed by atoms with Gasteiger partial charge in [-0.15, -0.1) is 0 Å². The Morgan fingerprint density at radius 2 is 1.94 bits per heavy atom. The molecule has 2 fully saturated rings. The Kier molecular flexibility index (Phi) is 4.22. The first kappa shape index (κ1) is 13.3. The Morgan fingerprint density at radius 1 is 1.28 bits per heavy atom. The van der Waals surface area contributed by atoms with E-state index in [0.717, 1.165) is 45.3 Å². The summed E-state index contributed by atoms with van der Waals surface area (Å²) in [4.78, 5) is 27.3. The predicted octanol–water partition coefficient (Wildman–Crippen LogP) is 0.794. The molecular weight excluding hydrogens is 232 g/mol. The Labute approximate surface area is 108 Å². The molecule has 0 radical (unpaired) electrons. The summed E-state index contributed by atoms with van der Waals surface area (Å²) in [5.41, 5.74) is 0. The van der Waals surface area contributed by atoms with Crippen molar-refractivity contribution in [2.75, 3.05) is 26.7 Å². The van der Waals surface area contributed by atoms with Crippen molar-refractivity contribution in [2.24, 2.45) is 5.92 Å². The molecule has 0 aromatic heterocycles. The molecule has 102 valence electrons. The van der Waals surface area contributed by atoms with Crippen molar-refractivity contribution >= 4 is 11.9 Å². The van der Waals surface area contributed by atoms with E-state index in [1.807, 2.05) is 4.90 Å². The third-order valence-corrected chi connectivity index (χ3v) is 4.13. The minimum atomic E-state index is -0.862. The monoisotopic (exact) mass is 254 g/mol. The normalized spacial score (nSPS) is 27.5. The van der Waals surface area contributed by atoms with Crippen molar-refractivity contribution in [1.82, 2.24) is 9.80 Å². The highest BCUT2D eigenvalue weighted by Crippen LogP contribution is 2.26. The maximum absolute atomic E-state index is 12.3. The summed E-state index contributed by atoms with van der Waals surface area (Å²) in [6.07, 6.45) is 3.69. The van der Waals surface area contributed by atoms with Crippen molar-refractivity contribution in [1.29, 1.82) is 0 Å². The third kappa shape index (κ3) is 3.02. The van der Waals surface area contributed by atoms with Crippen molar-refractivity contribution < 1.29 is 14.7 Å². The zero-order valence-electron chi connectivity index (χ0n) is 11.0. The highest BCUT2D eigenvalue weighted by atomic mass is 16.4. The minimum Gasteiger partial charge on any atom is -0.481 e. The van der Waals surface area contributed by atoms with Gasteiger partial charge in [0.15, 0.2) is 0 Å². The van der Waals surface area contributed by atoms with E-state index in [4.69, 9.17) is 5.11 Å². The summed E-state index contributed by atoms with van der Waals surface area (Å²) < 4.78 is 0. The number of rotatable bonds is 3. The third-order valence-electron chi connectivity index (χ3n) is 4.13. The smallest absolute Gasteiger partial charge is 0.304 e. The first-order valence-electron chi connectivity index (χ1n) is 6.78. The molecule has 2 aliphatic rings. The Balaban J connectivity index is 1.95. The fraction of sp³-hybridized carbons (Fsp3) is 0.846. The van der Waals surface area contributed by atoms with Crippen molar-refractivity contribution in [3.05, 3.63) is 0 Å².